The monoisotopic (exact) mass is 1050 g/mol. The van der Waals surface area contributed by atoms with Gasteiger partial charge in [0.05, 0.1) is 0 Å². The summed E-state index contributed by atoms with van der Waals surface area (Å²) in [6.45, 7) is 20.0. The first-order chi connectivity index (χ1) is 32.0. The minimum atomic E-state index is -0.508. The summed E-state index contributed by atoms with van der Waals surface area (Å²) in [7, 11) is -1.53. The van der Waals surface area contributed by atoms with Crippen molar-refractivity contribution in [3.63, 3.8) is 0 Å². The van der Waals surface area contributed by atoms with Gasteiger partial charge in [-0.15, -0.1) is 12.4 Å². The summed E-state index contributed by atoms with van der Waals surface area (Å²) in [4.78, 5) is 0. The standard InChI is InChI=1S/3C21H21P.ClH.Rh/c3*1-16-10-4-7-13-19(16)22(20-14-8-5-11-17(20)2)21-15-9-6-12-18(21)3;;/h3*4-15H,1-3H3;1H;. The van der Waals surface area contributed by atoms with E-state index in [1.54, 1.807) is 0 Å². The van der Waals surface area contributed by atoms with Gasteiger partial charge in [-0.05, 0) is 184 Å². The fourth-order valence-electron chi connectivity index (χ4n) is 8.50. The van der Waals surface area contributed by atoms with Crippen molar-refractivity contribution in [1.82, 2.24) is 0 Å². The van der Waals surface area contributed by atoms with E-state index in [1.807, 2.05) is 0 Å². The second kappa shape index (κ2) is 26.2. The van der Waals surface area contributed by atoms with E-state index < -0.39 is 23.8 Å². The molecule has 5 heteroatoms. The Morgan fingerprint density at radius 2 is 0.265 bits per heavy atom. The Kier molecular flexibility index (Phi) is 20.9. The van der Waals surface area contributed by atoms with Gasteiger partial charge >= 0.3 is 0 Å². The van der Waals surface area contributed by atoms with Crippen LogP contribution in [0, 0.1) is 62.3 Å². The van der Waals surface area contributed by atoms with Crippen LogP contribution in [-0.2, 0) is 19.5 Å². The maximum atomic E-state index is 2.29. The van der Waals surface area contributed by atoms with Crippen LogP contribution >= 0.6 is 36.2 Å². The van der Waals surface area contributed by atoms with Crippen LogP contribution in [0.4, 0.5) is 0 Å². The third-order valence-electron chi connectivity index (χ3n) is 12.2. The minimum Gasteiger partial charge on any atom is -0.147 e. The molecule has 9 rings (SSSR count). The van der Waals surface area contributed by atoms with Gasteiger partial charge in [0.2, 0.25) is 0 Å². The first-order valence-electron chi connectivity index (χ1n) is 23.0. The van der Waals surface area contributed by atoms with E-state index in [0.29, 0.717) is 0 Å². The molecule has 0 aromatic heterocycles. The molecular weight excluding hydrogens is 988 g/mol. The number of benzene rings is 9. The molecular formula is C63H64ClP3Rh. The van der Waals surface area contributed by atoms with E-state index >= 15 is 0 Å². The van der Waals surface area contributed by atoms with Gasteiger partial charge in [0.1, 0.15) is 0 Å². The molecule has 0 aliphatic carbocycles. The Hall–Kier alpha value is -4.82. The molecule has 0 aliphatic heterocycles. The van der Waals surface area contributed by atoms with E-state index in [4.69, 9.17) is 0 Å². The largest absolute Gasteiger partial charge is 0.147 e. The summed E-state index contributed by atoms with van der Waals surface area (Å²) < 4.78 is 0. The SMILES string of the molecule is Cc1ccccc1P(c1ccccc1C)c1ccccc1C.Cc1ccccc1P(c1ccccc1C)c1ccccc1C.Cc1ccccc1P(c1ccccc1C)c1ccccc1C.Cl.[Rh]. The summed E-state index contributed by atoms with van der Waals surface area (Å²) in [6, 6.07) is 79.2. The van der Waals surface area contributed by atoms with Crippen LogP contribution in [0.3, 0.4) is 0 Å². The molecule has 0 heterocycles. The van der Waals surface area contributed by atoms with E-state index in [-0.39, 0.29) is 31.9 Å². The van der Waals surface area contributed by atoms with Crippen LogP contribution in [0.1, 0.15) is 50.1 Å². The quantitative estimate of drug-likeness (QED) is 0.0998. The Morgan fingerprint density at radius 3 is 0.353 bits per heavy atom. The van der Waals surface area contributed by atoms with Crippen LogP contribution in [0.5, 0.6) is 0 Å². The first-order valence-corrected chi connectivity index (χ1v) is 27.0. The molecule has 0 saturated carbocycles. The van der Waals surface area contributed by atoms with Crippen molar-refractivity contribution in [2.45, 2.75) is 62.3 Å². The average molecular weight is 1050 g/mol. The zero-order chi connectivity index (χ0) is 46.6. The number of aryl methyl sites for hydroxylation is 9. The molecule has 347 valence electrons. The van der Waals surface area contributed by atoms with Gasteiger partial charge < -0.3 is 0 Å². The van der Waals surface area contributed by atoms with Crippen molar-refractivity contribution < 1.29 is 19.5 Å². The molecule has 0 saturated heterocycles. The first kappa shape index (κ1) is 54.1. The van der Waals surface area contributed by atoms with Crippen LogP contribution in [-0.4, -0.2) is 0 Å². The van der Waals surface area contributed by atoms with Crippen LogP contribution in [0.2, 0.25) is 0 Å². The van der Waals surface area contributed by atoms with Crippen LogP contribution in [0.15, 0.2) is 218 Å². The molecule has 0 aliphatic rings. The van der Waals surface area contributed by atoms with Crippen LogP contribution < -0.4 is 47.7 Å². The van der Waals surface area contributed by atoms with Gasteiger partial charge in [0.15, 0.2) is 0 Å². The Balaban J connectivity index is 0.000000188. The van der Waals surface area contributed by atoms with Gasteiger partial charge in [0, 0.05) is 19.5 Å². The molecule has 0 nitrogen and oxygen atoms in total. The van der Waals surface area contributed by atoms with Crippen LogP contribution in [0.25, 0.3) is 0 Å². The topological polar surface area (TPSA) is 0 Å². The third kappa shape index (κ3) is 13.1. The summed E-state index contributed by atoms with van der Waals surface area (Å²) in [5.74, 6) is 0. The Morgan fingerprint density at radius 1 is 0.176 bits per heavy atom. The zero-order valence-corrected chi connectivity index (χ0v) is 46.0. The predicted octanol–water partition coefficient (Wildman–Crippen LogP) is 13.5. The summed E-state index contributed by atoms with van der Waals surface area (Å²) in [5, 5.41) is 13.1. The second-order valence-electron chi connectivity index (χ2n) is 17.1. The fraction of sp³-hybridized carbons (Fsp3) is 0.143. The molecule has 0 fully saturated rings. The molecule has 0 bridgehead atoms. The van der Waals surface area contributed by atoms with Crippen molar-refractivity contribution in [2.75, 3.05) is 0 Å². The normalized spacial score (nSPS) is 10.6. The average Bonchev–Trinajstić information content (AvgIpc) is 3.32. The van der Waals surface area contributed by atoms with Crippen molar-refractivity contribution in [3.05, 3.63) is 268 Å². The Labute approximate surface area is 431 Å². The van der Waals surface area contributed by atoms with Gasteiger partial charge in [-0.1, -0.05) is 218 Å². The minimum absolute atomic E-state index is 0. The number of rotatable bonds is 9. The molecule has 68 heavy (non-hydrogen) atoms. The molecule has 0 amide bonds. The molecule has 0 unspecified atom stereocenters. The fourth-order valence-corrected chi connectivity index (χ4v) is 16.8. The molecule has 0 spiro atoms. The van der Waals surface area contributed by atoms with Crippen molar-refractivity contribution in [1.29, 1.82) is 0 Å². The number of hydrogen-bond donors (Lipinski definition) is 0. The molecule has 0 N–H and O–H groups in total. The van der Waals surface area contributed by atoms with E-state index in [0.717, 1.165) is 0 Å². The smallest absolute Gasteiger partial charge is 0 e. The van der Waals surface area contributed by atoms with Crippen molar-refractivity contribution >= 4 is 83.9 Å². The van der Waals surface area contributed by atoms with Crippen molar-refractivity contribution in [2.24, 2.45) is 0 Å². The molecule has 0 atom stereocenters. The zero-order valence-electron chi connectivity index (χ0n) is 40.9. The molecule has 9 aromatic rings. The number of halogens is 1. The predicted molar refractivity (Wildman–Crippen MR) is 305 cm³/mol. The van der Waals surface area contributed by atoms with Gasteiger partial charge in [-0.2, -0.15) is 0 Å². The second-order valence-corrected chi connectivity index (χ2v) is 23.4. The summed E-state index contributed by atoms with van der Waals surface area (Å²) >= 11 is 0. The molecule has 1 radical (unpaired) electrons. The van der Waals surface area contributed by atoms with E-state index in [2.05, 4.69) is 281 Å². The van der Waals surface area contributed by atoms with E-state index in [9.17, 15) is 0 Å². The van der Waals surface area contributed by atoms with E-state index in [1.165, 1.54) is 97.8 Å². The third-order valence-corrected chi connectivity index (χ3v) is 21.1. The molecule has 9 aromatic carbocycles. The Bertz CT molecular complexity index is 2380. The maximum absolute atomic E-state index is 2.29. The summed E-state index contributed by atoms with van der Waals surface area (Å²) in [5.41, 5.74) is 12.4. The van der Waals surface area contributed by atoms with Gasteiger partial charge in [-0.3, -0.25) is 0 Å². The maximum Gasteiger partial charge on any atom is 0 e. The van der Waals surface area contributed by atoms with Gasteiger partial charge in [-0.25, -0.2) is 0 Å². The summed E-state index contributed by atoms with van der Waals surface area (Å²) in [6.07, 6.45) is 0. The van der Waals surface area contributed by atoms with Crippen molar-refractivity contribution in [3.8, 4) is 0 Å². The number of hydrogen-bond acceptors (Lipinski definition) is 0. The van der Waals surface area contributed by atoms with Gasteiger partial charge in [0.25, 0.3) is 0 Å².